The van der Waals surface area contributed by atoms with Gasteiger partial charge < -0.3 is 4.74 Å². The molecule has 0 fully saturated rings. The third-order valence-corrected chi connectivity index (χ3v) is 3.35. The van der Waals surface area contributed by atoms with Crippen LogP contribution in [-0.4, -0.2) is 12.9 Å². The zero-order valence-corrected chi connectivity index (χ0v) is 10.4. The number of nitrogens with zero attached hydrogens (tertiary/aromatic N) is 1. The Hall–Kier alpha value is -1.50. The molecule has 86 valence electrons. The number of hydrogen-bond donors (Lipinski definition) is 0. The van der Waals surface area contributed by atoms with Crippen LogP contribution in [0, 0.1) is 10.7 Å². The van der Waals surface area contributed by atoms with E-state index in [-0.39, 0.29) is 6.10 Å². The highest BCUT2D eigenvalue weighted by atomic mass is 32.2. The van der Waals surface area contributed by atoms with Gasteiger partial charge in [-0.05, 0) is 28.1 Å². The van der Waals surface area contributed by atoms with Crippen molar-refractivity contribution >= 4 is 22.5 Å². The minimum absolute atomic E-state index is 0.0363. The summed E-state index contributed by atoms with van der Waals surface area (Å²) in [6, 6.07) is 14.4. The second-order valence-electron chi connectivity index (χ2n) is 3.70. The first-order valence-corrected chi connectivity index (χ1v) is 6.36. The van der Waals surface area contributed by atoms with Crippen molar-refractivity contribution in [2.45, 2.75) is 6.10 Å². The van der Waals surface area contributed by atoms with E-state index in [9.17, 15) is 0 Å². The van der Waals surface area contributed by atoms with Crippen LogP contribution in [0.15, 0.2) is 42.5 Å². The molecule has 17 heavy (non-hydrogen) atoms. The van der Waals surface area contributed by atoms with E-state index in [1.54, 1.807) is 7.11 Å². The molecule has 1 atom stereocenters. The van der Waals surface area contributed by atoms with E-state index in [2.05, 4.69) is 29.7 Å². The summed E-state index contributed by atoms with van der Waals surface area (Å²) < 4.78 is 5.47. The molecule has 0 aliphatic heterocycles. The number of methoxy groups -OCH3 is 1. The number of nitriles is 1. The first-order chi connectivity index (χ1) is 8.36. The smallest absolute Gasteiger partial charge is 0.133 e. The molecule has 2 aromatic rings. The molecule has 0 amide bonds. The average Bonchev–Trinajstić information content (AvgIpc) is 2.40. The summed E-state index contributed by atoms with van der Waals surface area (Å²) in [4.78, 5) is 0. The SMILES string of the molecule is COC(CSC#N)c1cccc2ccccc12. The van der Waals surface area contributed by atoms with E-state index >= 15 is 0 Å². The Labute approximate surface area is 105 Å². The maximum Gasteiger partial charge on any atom is 0.133 e. The van der Waals surface area contributed by atoms with Crippen LogP contribution in [0.1, 0.15) is 11.7 Å². The molecule has 0 saturated carbocycles. The Morgan fingerprint density at radius 3 is 2.76 bits per heavy atom. The number of thiocyanates is 1. The molecule has 0 aliphatic rings. The predicted octanol–water partition coefficient (Wildman–Crippen LogP) is 3.74. The Morgan fingerprint density at radius 2 is 2.00 bits per heavy atom. The number of ether oxygens (including phenoxy) is 1. The van der Waals surface area contributed by atoms with Gasteiger partial charge in [-0.25, -0.2) is 0 Å². The van der Waals surface area contributed by atoms with Gasteiger partial charge >= 0.3 is 0 Å². The molecule has 2 nitrogen and oxygen atoms in total. The van der Waals surface area contributed by atoms with E-state index in [4.69, 9.17) is 10.00 Å². The van der Waals surface area contributed by atoms with E-state index in [1.165, 1.54) is 22.5 Å². The van der Waals surface area contributed by atoms with Gasteiger partial charge in [0.2, 0.25) is 0 Å². The third-order valence-electron chi connectivity index (χ3n) is 2.75. The second-order valence-corrected chi connectivity index (χ2v) is 4.50. The maximum absolute atomic E-state index is 8.63. The number of thioether (sulfide) groups is 1. The van der Waals surface area contributed by atoms with Crippen molar-refractivity contribution in [1.82, 2.24) is 0 Å². The van der Waals surface area contributed by atoms with Gasteiger partial charge in [0.25, 0.3) is 0 Å². The molecule has 0 aromatic heterocycles. The van der Waals surface area contributed by atoms with Crippen LogP contribution in [0.25, 0.3) is 10.8 Å². The molecule has 0 radical (unpaired) electrons. The molecule has 2 rings (SSSR count). The van der Waals surface area contributed by atoms with Crippen LogP contribution in [0.5, 0.6) is 0 Å². The molecule has 2 aromatic carbocycles. The normalized spacial score (nSPS) is 12.2. The van der Waals surface area contributed by atoms with Crippen molar-refractivity contribution in [2.24, 2.45) is 0 Å². The molecule has 3 heteroatoms. The molecule has 0 spiro atoms. The predicted molar refractivity (Wildman–Crippen MR) is 71.8 cm³/mol. The number of benzene rings is 2. The molecule has 0 heterocycles. The second kappa shape index (κ2) is 5.72. The summed E-state index contributed by atoms with van der Waals surface area (Å²) in [6.07, 6.45) is -0.0363. The van der Waals surface area contributed by atoms with Gasteiger partial charge in [-0.3, -0.25) is 0 Å². The van der Waals surface area contributed by atoms with Gasteiger partial charge in [-0.1, -0.05) is 42.5 Å². The van der Waals surface area contributed by atoms with E-state index in [0.29, 0.717) is 5.75 Å². The maximum atomic E-state index is 8.63. The Balaban J connectivity index is 2.43. The summed E-state index contributed by atoms with van der Waals surface area (Å²) in [5.41, 5.74) is 1.15. The topological polar surface area (TPSA) is 33.0 Å². The van der Waals surface area contributed by atoms with Gasteiger partial charge in [-0.2, -0.15) is 5.26 Å². The quantitative estimate of drug-likeness (QED) is 0.767. The highest BCUT2D eigenvalue weighted by Crippen LogP contribution is 2.28. The van der Waals surface area contributed by atoms with Crippen LogP contribution >= 0.6 is 11.8 Å². The van der Waals surface area contributed by atoms with Crippen LogP contribution in [0.4, 0.5) is 0 Å². The van der Waals surface area contributed by atoms with Gasteiger partial charge in [0.05, 0.1) is 6.10 Å². The van der Waals surface area contributed by atoms with Crippen molar-refractivity contribution in [1.29, 1.82) is 5.26 Å². The minimum Gasteiger partial charge on any atom is -0.376 e. The number of rotatable bonds is 4. The van der Waals surface area contributed by atoms with Crippen molar-refractivity contribution in [3.63, 3.8) is 0 Å². The van der Waals surface area contributed by atoms with E-state index in [0.717, 1.165) is 5.56 Å². The number of hydrogen-bond acceptors (Lipinski definition) is 3. The Morgan fingerprint density at radius 1 is 1.24 bits per heavy atom. The van der Waals surface area contributed by atoms with Crippen molar-refractivity contribution in [3.8, 4) is 5.40 Å². The summed E-state index contributed by atoms with van der Waals surface area (Å²) in [6.45, 7) is 0. The molecule has 0 saturated heterocycles. The van der Waals surface area contributed by atoms with Crippen LogP contribution in [0.2, 0.25) is 0 Å². The fourth-order valence-electron chi connectivity index (χ4n) is 1.93. The highest BCUT2D eigenvalue weighted by Gasteiger charge is 2.13. The van der Waals surface area contributed by atoms with Crippen LogP contribution < -0.4 is 0 Å². The fourth-order valence-corrected chi connectivity index (χ4v) is 2.47. The van der Waals surface area contributed by atoms with Gasteiger partial charge in [0.15, 0.2) is 0 Å². The Kier molecular flexibility index (Phi) is 4.03. The first kappa shape index (κ1) is 12.0. The van der Waals surface area contributed by atoms with Crippen molar-refractivity contribution < 1.29 is 4.74 Å². The van der Waals surface area contributed by atoms with E-state index in [1.807, 2.05) is 18.2 Å². The Bertz CT molecular complexity index is 542. The average molecular weight is 243 g/mol. The van der Waals surface area contributed by atoms with Crippen LogP contribution in [-0.2, 0) is 4.74 Å². The molecular weight excluding hydrogens is 230 g/mol. The lowest BCUT2D eigenvalue weighted by atomic mass is 10.0. The summed E-state index contributed by atoms with van der Waals surface area (Å²) >= 11 is 1.22. The number of fused-ring (bicyclic) bond motifs is 1. The van der Waals surface area contributed by atoms with Gasteiger partial charge in [0.1, 0.15) is 5.40 Å². The monoisotopic (exact) mass is 243 g/mol. The van der Waals surface area contributed by atoms with Crippen LogP contribution in [0.3, 0.4) is 0 Å². The van der Waals surface area contributed by atoms with Gasteiger partial charge in [0, 0.05) is 12.9 Å². The summed E-state index contributed by atoms with van der Waals surface area (Å²) in [7, 11) is 1.68. The van der Waals surface area contributed by atoms with Crippen molar-refractivity contribution in [3.05, 3.63) is 48.0 Å². The summed E-state index contributed by atoms with van der Waals surface area (Å²) in [5.74, 6) is 0.654. The van der Waals surface area contributed by atoms with E-state index < -0.39 is 0 Å². The lowest BCUT2D eigenvalue weighted by Crippen LogP contribution is -2.04. The lowest BCUT2D eigenvalue weighted by Gasteiger charge is -2.16. The fraction of sp³-hybridized carbons (Fsp3) is 0.214. The van der Waals surface area contributed by atoms with Crippen molar-refractivity contribution in [2.75, 3.05) is 12.9 Å². The summed E-state index contributed by atoms with van der Waals surface area (Å²) in [5, 5.41) is 13.1. The lowest BCUT2D eigenvalue weighted by molar-refractivity contribution is 0.125. The zero-order valence-electron chi connectivity index (χ0n) is 9.59. The molecule has 0 bridgehead atoms. The minimum atomic E-state index is -0.0363. The molecule has 0 aliphatic carbocycles. The largest absolute Gasteiger partial charge is 0.376 e. The van der Waals surface area contributed by atoms with Gasteiger partial charge in [-0.15, -0.1) is 0 Å². The zero-order chi connectivity index (χ0) is 12.1. The first-order valence-electron chi connectivity index (χ1n) is 5.38. The highest BCUT2D eigenvalue weighted by molar-refractivity contribution is 8.03. The standard InChI is InChI=1S/C14H13NOS/c1-16-14(9-17-10-15)13-8-4-6-11-5-2-3-7-12(11)13/h2-8,14H,9H2,1H3. The molecule has 1 unspecified atom stereocenters. The molecule has 0 N–H and O–H groups in total. The molecular formula is C14H13NOS. The third kappa shape index (κ3) is 2.60.